The first-order chi connectivity index (χ1) is 9.09. The number of carbonyl (C=O) groups excluding carboxylic acids is 1. The molecule has 1 rings (SSSR count). The summed E-state index contributed by atoms with van der Waals surface area (Å²) in [5.41, 5.74) is 0. The van der Waals surface area contributed by atoms with E-state index in [1.54, 1.807) is 14.1 Å². The molecule has 1 saturated carbocycles. The molecular formula is C13H27N3O3. The second-order valence-corrected chi connectivity index (χ2v) is 5.22. The highest BCUT2D eigenvalue weighted by Crippen LogP contribution is 2.20. The normalized spacial score (nSPS) is 17.4. The lowest BCUT2D eigenvalue weighted by Gasteiger charge is -2.16. The standard InChI is InChI=1S/C13H27N3O3/c1-16(2)13(18)15-8-7-14-9-11(17)10-19-12-5-3-4-6-12/h11-12,14,17H,3-10H2,1-2H3,(H,15,18). The third-order valence-corrected chi connectivity index (χ3v) is 3.19. The van der Waals surface area contributed by atoms with Gasteiger partial charge in [0.15, 0.2) is 0 Å². The Morgan fingerprint density at radius 2 is 2.05 bits per heavy atom. The summed E-state index contributed by atoms with van der Waals surface area (Å²) in [6, 6.07) is -0.105. The van der Waals surface area contributed by atoms with Crippen LogP contribution in [-0.2, 0) is 4.74 Å². The summed E-state index contributed by atoms with van der Waals surface area (Å²) in [7, 11) is 3.40. The molecule has 3 N–H and O–H groups in total. The minimum atomic E-state index is -0.481. The van der Waals surface area contributed by atoms with Crippen molar-refractivity contribution in [1.29, 1.82) is 0 Å². The van der Waals surface area contributed by atoms with Crippen molar-refractivity contribution in [3.8, 4) is 0 Å². The van der Waals surface area contributed by atoms with E-state index in [0.29, 0.717) is 32.3 Å². The van der Waals surface area contributed by atoms with Crippen LogP contribution in [0.2, 0.25) is 0 Å². The summed E-state index contributed by atoms with van der Waals surface area (Å²) in [4.78, 5) is 12.7. The fourth-order valence-corrected chi connectivity index (χ4v) is 2.05. The van der Waals surface area contributed by atoms with Crippen LogP contribution < -0.4 is 10.6 Å². The number of nitrogens with one attached hydrogen (secondary N) is 2. The van der Waals surface area contributed by atoms with E-state index in [1.807, 2.05) is 0 Å². The van der Waals surface area contributed by atoms with Crippen LogP contribution in [0.4, 0.5) is 4.79 Å². The minimum Gasteiger partial charge on any atom is -0.389 e. The molecule has 6 heteroatoms. The van der Waals surface area contributed by atoms with Gasteiger partial charge in [-0.25, -0.2) is 4.79 Å². The molecule has 0 radical (unpaired) electrons. The van der Waals surface area contributed by atoms with Crippen molar-refractivity contribution in [3.05, 3.63) is 0 Å². The number of hydrogen-bond donors (Lipinski definition) is 3. The van der Waals surface area contributed by atoms with Gasteiger partial charge in [0.2, 0.25) is 0 Å². The van der Waals surface area contributed by atoms with E-state index in [1.165, 1.54) is 17.7 Å². The number of amides is 2. The summed E-state index contributed by atoms with van der Waals surface area (Å²) >= 11 is 0. The molecule has 0 spiro atoms. The molecule has 1 atom stereocenters. The molecule has 0 aromatic heterocycles. The Bertz CT molecular complexity index is 256. The highest BCUT2D eigenvalue weighted by molar-refractivity contribution is 5.73. The van der Waals surface area contributed by atoms with Gasteiger partial charge in [-0.2, -0.15) is 0 Å². The van der Waals surface area contributed by atoms with Crippen LogP contribution in [0, 0.1) is 0 Å². The second-order valence-electron chi connectivity index (χ2n) is 5.22. The van der Waals surface area contributed by atoms with E-state index in [2.05, 4.69) is 10.6 Å². The lowest BCUT2D eigenvalue weighted by Crippen LogP contribution is -2.40. The van der Waals surface area contributed by atoms with E-state index >= 15 is 0 Å². The van der Waals surface area contributed by atoms with Gasteiger partial charge in [0, 0.05) is 33.7 Å². The average Bonchev–Trinajstić information content (AvgIpc) is 2.88. The number of hydrogen-bond acceptors (Lipinski definition) is 4. The molecule has 6 nitrogen and oxygen atoms in total. The SMILES string of the molecule is CN(C)C(=O)NCCNCC(O)COC1CCCC1. The Balaban J connectivity index is 1.92. The number of urea groups is 1. The molecular weight excluding hydrogens is 246 g/mol. The number of carbonyl (C=O) groups is 1. The maximum absolute atomic E-state index is 11.2. The number of ether oxygens (including phenoxy) is 1. The Hall–Kier alpha value is -0.850. The molecule has 0 aliphatic heterocycles. The predicted octanol–water partition coefficient (Wildman–Crippen LogP) is 0.167. The van der Waals surface area contributed by atoms with Crippen molar-refractivity contribution in [2.45, 2.75) is 37.9 Å². The first-order valence-corrected chi connectivity index (χ1v) is 7.05. The van der Waals surface area contributed by atoms with Gasteiger partial charge < -0.3 is 25.4 Å². The highest BCUT2D eigenvalue weighted by Gasteiger charge is 2.16. The number of rotatable bonds is 8. The van der Waals surface area contributed by atoms with Gasteiger partial charge in [0.05, 0.1) is 18.8 Å². The molecule has 1 fully saturated rings. The second kappa shape index (κ2) is 9.12. The zero-order valence-corrected chi connectivity index (χ0v) is 12.0. The Labute approximate surface area is 115 Å². The van der Waals surface area contributed by atoms with E-state index in [0.717, 1.165) is 12.8 Å². The van der Waals surface area contributed by atoms with Crippen LogP contribution in [0.15, 0.2) is 0 Å². The first-order valence-electron chi connectivity index (χ1n) is 7.05. The van der Waals surface area contributed by atoms with Crippen molar-refractivity contribution in [1.82, 2.24) is 15.5 Å². The number of aliphatic hydroxyl groups is 1. The quantitative estimate of drug-likeness (QED) is 0.551. The number of aliphatic hydroxyl groups excluding tert-OH is 1. The Kier molecular flexibility index (Phi) is 7.78. The minimum absolute atomic E-state index is 0.105. The van der Waals surface area contributed by atoms with E-state index in [-0.39, 0.29) is 6.03 Å². The van der Waals surface area contributed by atoms with Gasteiger partial charge in [-0.3, -0.25) is 0 Å². The van der Waals surface area contributed by atoms with Crippen molar-refractivity contribution >= 4 is 6.03 Å². The van der Waals surface area contributed by atoms with Crippen molar-refractivity contribution in [3.63, 3.8) is 0 Å². The summed E-state index contributed by atoms with van der Waals surface area (Å²) in [5, 5.41) is 15.6. The first kappa shape index (κ1) is 16.2. The molecule has 1 unspecified atom stereocenters. The third kappa shape index (κ3) is 7.34. The molecule has 0 saturated heterocycles. The molecule has 0 bridgehead atoms. The summed E-state index contributed by atoms with van der Waals surface area (Å²) in [5.74, 6) is 0. The fourth-order valence-electron chi connectivity index (χ4n) is 2.05. The van der Waals surface area contributed by atoms with Crippen LogP contribution in [0.25, 0.3) is 0 Å². The Morgan fingerprint density at radius 1 is 1.37 bits per heavy atom. The molecule has 0 aromatic rings. The molecule has 1 aliphatic rings. The maximum Gasteiger partial charge on any atom is 0.316 e. The summed E-state index contributed by atoms with van der Waals surface area (Å²) in [6.45, 7) is 2.07. The van der Waals surface area contributed by atoms with Gasteiger partial charge in [-0.1, -0.05) is 12.8 Å². The van der Waals surface area contributed by atoms with Crippen LogP contribution in [0.1, 0.15) is 25.7 Å². The Morgan fingerprint density at radius 3 is 2.68 bits per heavy atom. The monoisotopic (exact) mass is 273 g/mol. The maximum atomic E-state index is 11.2. The summed E-state index contributed by atoms with van der Waals surface area (Å²) in [6.07, 6.45) is 4.59. The van der Waals surface area contributed by atoms with Crippen LogP contribution in [0.3, 0.4) is 0 Å². The predicted molar refractivity (Wildman–Crippen MR) is 74.2 cm³/mol. The largest absolute Gasteiger partial charge is 0.389 e. The number of nitrogens with zero attached hydrogens (tertiary/aromatic N) is 1. The van der Waals surface area contributed by atoms with Gasteiger partial charge in [0.1, 0.15) is 0 Å². The lowest BCUT2D eigenvalue weighted by molar-refractivity contribution is -0.00529. The smallest absolute Gasteiger partial charge is 0.316 e. The van der Waals surface area contributed by atoms with Gasteiger partial charge >= 0.3 is 6.03 Å². The molecule has 0 heterocycles. The van der Waals surface area contributed by atoms with E-state index in [4.69, 9.17) is 4.74 Å². The van der Waals surface area contributed by atoms with Gasteiger partial charge in [0.25, 0.3) is 0 Å². The fraction of sp³-hybridized carbons (Fsp3) is 0.923. The van der Waals surface area contributed by atoms with E-state index < -0.39 is 6.10 Å². The topological polar surface area (TPSA) is 73.8 Å². The molecule has 19 heavy (non-hydrogen) atoms. The average molecular weight is 273 g/mol. The molecule has 0 aromatic carbocycles. The molecule has 1 aliphatic carbocycles. The van der Waals surface area contributed by atoms with Gasteiger partial charge in [-0.15, -0.1) is 0 Å². The van der Waals surface area contributed by atoms with Gasteiger partial charge in [-0.05, 0) is 12.8 Å². The highest BCUT2D eigenvalue weighted by atomic mass is 16.5. The van der Waals surface area contributed by atoms with Crippen molar-refractivity contribution in [2.75, 3.05) is 40.3 Å². The van der Waals surface area contributed by atoms with Crippen molar-refractivity contribution < 1.29 is 14.6 Å². The molecule has 112 valence electrons. The zero-order chi connectivity index (χ0) is 14.1. The van der Waals surface area contributed by atoms with Crippen LogP contribution >= 0.6 is 0 Å². The van der Waals surface area contributed by atoms with Crippen LogP contribution in [0.5, 0.6) is 0 Å². The zero-order valence-electron chi connectivity index (χ0n) is 12.0. The summed E-state index contributed by atoms with van der Waals surface area (Å²) < 4.78 is 5.63. The lowest BCUT2D eigenvalue weighted by atomic mass is 10.3. The third-order valence-electron chi connectivity index (χ3n) is 3.19. The van der Waals surface area contributed by atoms with Crippen LogP contribution in [-0.4, -0.2) is 68.6 Å². The van der Waals surface area contributed by atoms with Crippen molar-refractivity contribution in [2.24, 2.45) is 0 Å². The van der Waals surface area contributed by atoms with E-state index in [9.17, 15) is 9.90 Å². The molecule has 2 amide bonds.